The van der Waals surface area contributed by atoms with Crippen molar-refractivity contribution in [2.75, 3.05) is 5.32 Å². The predicted molar refractivity (Wildman–Crippen MR) is 61.5 cm³/mol. The number of nitrogens with two attached hydrogens (primary N) is 1. The first-order valence-electron chi connectivity index (χ1n) is 4.70. The second-order valence-electron chi connectivity index (χ2n) is 3.63. The zero-order valence-electron chi connectivity index (χ0n) is 8.08. The maximum Gasteiger partial charge on any atom is 0.136 e. The smallest absolute Gasteiger partial charge is 0.136 e. The van der Waals surface area contributed by atoms with Crippen LogP contribution in [-0.2, 0) is 0 Å². The zero-order valence-corrected chi connectivity index (χ0v) is 8.90. The SMILES string of the molecule is Cc1ccnc(NC2CC2)c1C(N)=S. The minimum absolute atomic E-state index is 0.416. The van der Waals surface area contributed by atoms with Gasteiger partial charge in [0.05, 0.1) is 5.56 Å². The van der Waals surface area contributed by atoms with E-state index in [1.54, 1.807) is 6.20 Å². The first-order valence-corrected chi connectivity index (χ1v) is 5.11. The summed E-state index contributed by atoms with van der Waals surface area (Å²) < 4.78 is 0. The maximum absolute atomic E-state index is 5.66. The third-order valence-corrected chi connectivity index (χ3v) is 2.53. The van der Waals surface area contributed by atoms with Gasteiger partial charge in [-0.3, -0.25) is 0 Å². The van der Waals surface area contributed by atoms with Crippen molar-refractivity contribution in [3.05, 3.63) is 23.4 Å². The molecule has 0 atom stereocenters. The van der Waals surface area contributed by atoms with Gasteiger partial charge in [-0.2, -0.15) is 0 Å². The summed E-state index contributed by atoms with van der Waals surface area (Å²) >= 11 is 5.01. The molecule has 1 saturated carbocycles. The van der Waals surface area contributed by atoms with Crippen molar-refractivity contribution in [2.45, 2.75) is 25.8 Å². The lowest BCUT2D eigenvalue weighted by molar-refractivity contribution is 1.10. The number of thiocarbonyl (C=S) groups is 1. The van der Waals surface area contributed by atoms with E-state index in [1.165, 1.54) is 12.8 Å². The molecule has 4 heteroatoms. The van der Waals surface area contributed by atoms with Gasteiger partial charge in [0.2, 0.25) is 0 Å². The van der Waals surface area contributed by atoms with Crippen LogP contribution in [0.4, 0.5) is 5.82 Å². The number of rotatable bonds is 3. The highest BCUT2D eigenvalue weighted by molar-refractivity contribution is 7.80. The molecule has 3 nitrogen and oxygen atoms in total. The molecule has 0 amide bonds. The fraction of sp³-hybridized carbons (Fsp3) is 0.400. The molecule has 2 rings (SSSR count). The highest BCUT2D eigenvalue weighted by atomic mass is 32.1. The van der Waals surface area contributed by atoms with Gasteiger partial charge in [-0.05, 0) is 31.4 Å². The molecule has 0 unspecified atom stereocenters. The summed E-state index contributed by atoms with van der Waals surface area (Å²) in [6.45, 7) is 1.99. The molecule has 0 aromatic carbocycles. The van der Waals surface area contributed by atoms with E-state index in [2.05, 4.69) is 10.3 Å². The topological polar surface area (TPSA) is 50.9 Å². The normalized spacial score (nSPS) is 15.2. The monoisotopic (exact) mass is 207 g/mol. The van der Waals surface area contributed by atoms with E-state index in [0.717, 1.165) is 16.9 Å². The van der Waals surface area contributed by atoms with Crippen LogP contribution in [-0.4, -0.2) is 16.0 Å². The van der Waals surface area contributed by atoms with E-state index < -0.39 is 0 Å². The number of nitrogens with zero attached hydrogens (tertiary/aromatic N) is 1. The van der Waals surface area contributed by atoms with Crippen molar-refractivity contribution in [1.29, 1.82) is 0 Å². The third kappa shape index (κ3) is 1.85. The van der Waals surface area contributed by atoms with Crippen molar-refractivity contribution >= 4 is 23.0 Å². The van der Waals surface area contributed by atoms with Gasteiger partial charge in [0.15, 0.2) is 0 Å². The number of pyridine rings is 1. The van der Waals surface area contributed by atoms with Crippen LogP contribution >= 0.6 is 12.2 Å². The van der Waals surface area contributed by atoms with Crippen molar-refractivity contribution in [3.8, 4) is 0 Å². The molecule has 1 aliphatic carbocycles. The second-order valence-corrected chi connectivity index (χ2v) is 4.07. The molecule has 1 aliphatic rings. The Morgan fingerprint density at radius 3 is 2.93 bits per heavy atom. The Balaban J connectivity index is 2.35. The Morgan fingerprint density at radius 1 is 1.64 bits per heavy atom. The fourth-order valence-electron chi connectivity index (χ4n) is 1.40. The molecule has 3 N–H and O–H groups in total. The quantitative estimate of drug-likeness (QED) is 0.739. The number of hydrogen-bond donors (Lipinski definition) is 2. The van der Waals surface area contributed by atoms with Crippen LogP contribution in [0.2, 0.25) is 0 Å². The Hall–Kier alpha value is -1.16. The largest absolute Gasteiger partial charge is 0.389 e. The van der Waals surface area contributed by atoms with Gasteiger partial charge in [0.1, 0.15) is 10.8 Å². The molecule has 74 valence electrons. The molecule has 14 heavy (non-hydrogen) atoms. The lowest BCUT2D eigenvalue weighted by Gasteiger charge is -2.11. The van der Waals surface area contributed by atoms with Gasteiger partial charge in [0.25, 0.3) is 0 Å². The molecule has 1 heterocycles. The van der Waals surface area contributed by atoms with Crippen molar-refractivity contribution < 1.29 is 0 Å². The van der Waals surface area contributed by atoms with Gasteiger partial charge in [-0.25, -0.2) is 4.98 Å². The Morgan fingerprint density at radius 2 is 2.36 bits per heavy atom. The number of anilines is 1. The summed E-state index contributed by atoms with van der Waals surface area (Å²) in [6, 6.07) is 2.49. The van der Waals surface area contributed by atoms with Crippen LogP contribution in [0.3, 0.4) is 0 Å². The molecule has 0 bridgehead atoms. The van der Waals surface area contributed by atoms with Gasteiger partial charge >= 0.3 is 0 Å². The highest BCUT2D eigenvalue weighted by Crippen LogP contribution is 2.26. The molecule has 1 aromatic heterocycles. The van der Waals surface area contributed by atoms with Crippen LogP contribution in [0.1, 0.15) is 24.0 Å². The van der Waals surface area contributed by atoms with Crippen molar-refractivity contribution in [1.82, 2.24) is 4.98 Å². The highest BCUT2D eigenvalue weighted by Gasteiger charge is 2.23. The summed E-state index contributed by atoms with van der Waals surface area (Å²) in [4.78, 5) is 4.68. The lowest BCUT2D eigenvalue weighted by atomic mass is 10.1. The zero-order chi connectivity index (χ0) is 10.1. The van der Waals surface area contributed by atoms with Crippen LogP contribution in [0.5, 0.6) is 0 Å². The third-order valence-electron chi connectivity index (χ3n) is 2.32. The van der Waals surface area contributed by atoms with Gasteiger partial charge < -0.3 is 11.1 Å². The first kappa shape index (κ1) is 9.40. The number of nitrogens with one attached hydrogen (secondary N) is 1. The summed E-state index contributed by atoms with van der Waals surface area (Å²) in [5, 5.41) is 3.33. The van der Waals surface area contributed by atoms with E-state index >= 15 is 0 Å². The van der Waals surface area contributed by atoms with Gasteiger partial charge in [-0.1, -0.05) is 12.2 Å². The van der Waals surface area contributed by atoms with Crippen LogP contribution in [0.25, 0.3) is 0 Å². The van der Waals surface area contributed by atoms with E-state index in [4.69, 9.17) is 18.0 Å². The Labute approximate surface area is 88.7 Å². The number of aryl methyl sites for hydroxylation is 1. The minimum Gasteiger partial charge on any atom is -0.389 e. The Kier molecular flexibility index (Phi) is 2.37. The fourth-order valence-corrected chi connectivity index (χ4v) is 1.66. The van der Waals surface area contributed by atoms with Gasteiger partial charge in [0, 0.05) is 12.2 Å². The summed E-state index contributed by atoms with van der Waals surface area (Å²) in [5.41, 5.74) is 7.63. The molecule has 0 radical (unpaired) electrons. The van der Waals surface area contributed by atoms with Crippen molar-refractivity contribution in [2.24, 2.45) is 5.73 Å². The molecule has 1 fully saturated rings. The van der Waals surface area contributed by atoms with Gasteiger partial charge in [-0.15, -0.1) is 0 Å². The first-order chi connectivity index (χ1) is 6.68. The average molecular weight is 207 g/mol. The van der Waals surface area contributed by atoms with Crippen LogP contribution in [0, 0.1) is 6.92 Å². The van der Waals surface area contributed by atoms with Crippen LogP contribution in [0.15, 0.2) is 12.3 Å². The lowest BCUT2D eigenvalue weighted by Crippen LogP contribution is -2.16. The molecular formula is C10H13N3S. The number of aromatic nitrogens is 1. The molecular weight excluding hydrogens is 194 g/mol. The van der Waals surface area contributed by atoms with Crippen LogP contribution < -0.4 is 11.1 Å². The molecule has 1 aromatic rings. The minimum atomic E-state index is 0.416. The summed E-state index contributed by atoms with van der Waals surface area (Å²) in [6.07, 6.45) is 4.21. The van der Waals surface area contributed by atoms with E-state index in [0.29, 0.717) is 11.0 Å². The standard InChI is InChI=1S/C10H13N3S/c1-6-4-5-12-10(8(6)9(11)14)13-7-2-3-7/h4-5,7H,2-3H2,1H3,(H2,11,14)(H,12,13). The van der Waals surface area contributed by atoms with E-state index in [-0.39, 0.29) is 0 Å². The summed E-state index contributed by atoms with van der Waals surface area (Å²) in [7, 11) is 0. The molecule has 0 saturated heterocycles. The second kappa shape index (κ2) is 3.53. The number of hydrogen-bond acceptors (Lipinski definition) is 3. The average Bonchev–Trinajstić information content (AvgIpc) is 2.87. The van der Waals surface area contributed by atoms with E-state index in [1.807, 2.05) is 13.0 Å². The predicted octanol–water partition coefficient (Wildman–Crippen LogP) is 1.60. The van der Waals surface area contributed by atoms with Crippen molar-refractivity contribution in [3.63, 3.8) is 0 Å². The van der Waals surface area contributed by atoms with E-state index in [9.17, 15) is 0 Å². The molecule has 0 spiro atoms. The maximum atomic E-state index is 5.66. The Bertz CT molecular complexity index is 372. The molecule has 0 aliphatic heterocycles. The summed E-state index contributed by atoms with van der Waals surface area (Å²) in [5.74, 6) is 0.833.